The van der Waals surface area contributed by atoms with Crippen LogP contribution in [-0.4, -0.2) is 41.6 Å². The molecule has 2 heterocycles. The average Bonchev–Trinajstić information content (AvgIpc) is 3.27. The number of aromatic nitrogens is 3. The van der Waals surface area contributed by atoms with Crippen LogP contribution >= 0.6 is 11.3 Å². The molecule has 2 aromatic heterocycles. The molecule has 9 nitrogen and oxygen atoms in total. The largest absolute Gasteiger partial charge is 0.497 e. The Balaban J connectivity index is 1.42. The second-order valence-electron chi connectivity index (χ2n) is 7.56. The highest BCUT2D eigenvalue weighted by molar-refractivity contribution is 7.18. The van der Waals surface area contributed by atoms with Crippen LogP contribution in [0.3, 0.4) is 0 Å². The predicted molar refractivity (Wildman–Crippen MR) is 136 cm³/mol. The van der Waals surface area contributed by atoms with Crippen LogP contribution in [0.5, 0.6) is 11.5 Å². The topological polar surface area (TPSA) is 107 Å². The van der Waals surface area contributed by atoms with Gasteiger partial charge in [0.15, 0.2) is 0 Å². The maximum Gasteiger partial charge on any atom is 0.319 e. The zero-order valence-electron chi connectivity index (χ0n) is 19.6. The number of nitrogens with zero attached hydrogens (tertiary/aromatic N) is 3. The first-order valence-corrected chi connectivity index (χ1v) is 11.7. The fourth-order valence-corrected chi connectivity index (χ4v) is 4.44. The van der Waals surface area contributed by atoms with Crippen LogP contribution < -0.4 is 25.7 Å². The van der Waals surface area contributed by atoms with Gasteiger partial charge in [0.05, 0.1) is 31.3 Å². The average molecular weight is 492 g/mol. The van der Waals surface area contributed by atoms with Crippen molar-refractivity contribution in [3.05, 3.63) is 76.7 Å². The molecule has 0 fully saturated rings. The smallest absolute Gasteiger partial charge is 0.319 e. The molecule has 2 amide bonds. The van der Waals surface area contributed by atoms with Crippen molar-refractivity contribution in [3.63, 3.8) is 0 Å². The Bertz CT molecular complexity index is 1360. The van der Waals surface area contributed by atoms with Gasteiger partial charge in [-0.25, -0.2) is 14.5 Å². The molecule has 180 valence electrons. The first kappa shape index (κ1) is 24.0. The highest BCUT2D eigenvalue weighted by Crippen LogP contribution is 2.33. The first-order valence-electron chi connectivity index (χ1n) is 10.9. The summed E-state index contributed by atoms with van der Waals surface area (Å²) in [6.07, 6.45) is 0. The SMILES string of the molecule is COc1cc(NC(=O)NCCn2nc(-c3sc(-c4ccccc4)nc3C)ccc2=O)cc(OC)c1. The summed E-state index contributed by atoms with van der Waals surface area (Å²) in [5.41, 5.74) is 2.81. The van der Waals surface area contributed by atoms with Crippen LogP contribution in [0, 0.1) is 6.92 Å². The lowest BCUT2D eigenvalue weighted by molar-refractivity contribution is 0.251. The first-order chi connectivity index (χ1) is 17.0. The van der Waals surface area contributed by atoms with Gasteiger partial charge in [-0.1, -0.05) is 30.3 Å². The van der Waals surface area contributed by atoms with Crippen LogP contribution in [-0.2, 0) is 6.54 Å². The number of thiazole rings is 1. The van der Waals surface area contributed by atoms with Gasteiger partial charge in [-0.2, -0.15) is 5.10 Å². The number of hydrogen-bond acceptors (Lipinski definition) is 7. The Morgan fingerprint density at radius 3 is 2.43 bits per heavy atom. The summed E-state index contributed by atoms with van der Waals surface area (Å²) < 4.78 is 11.8. The molecule has 4 rings (SSSR count). The van der Waals surface area contributed by atoms with Crippen molar-refractivity contribution < 1.29 is 14.3 Å². The number of nitrogens with one attached hydrogen (secondary N) is 2. The van der Waals surface area contributed by atoms with Gasteiger partial charge < -0.3 is 20.1 Å². The molecule has 0 unspecified atom stereocenters. The Hall–Kier alpha value is -4.18. The summed E-state index contributed by atoms with van der Waals surface area (Å²) in [6, 6.07) is 17.7. The number of anilines is 1. The Morgan fingerprint density at radius 2 is 1.74 bits per heavy atom. The van der Waals surface area contributed by atoms with E-state index in [1.807, 2.05) is 37.3 Å². The predicted octanol–water partition coefficient (Wildman–Crippen LogP) is 4.18. The third-order valence-corrected chi connectivity index (χ3v) is 6.36. The zero-order valence-corrected chi connectivity index (χ0v) is 20.4. The molecule has 4 aromatic rings. The Labute approximate surface area is 206 Å². The molecule has 2 aromatic carbocycles. The summed E-state index contributed by atoms with van der Waals surface area (Å²) in [5, 5.41) is 10.9. The quantitative estimate of drug-likeness (QED) is 0.383. The van der Waals surface area contributed by atoms with Crippen molar-refractivity contribution in [2.45, 2.75) is 13.5 Å². The molecule has 0 saturated carbocycles. The molecular formula is C25H25N5O4S. The van der Waals surface area contributed by atoms with E-state index in [0.29, 0.717) is 22.9 Å². The molecule has 10 heteroatoms. The van der Waals surface area contributed by atoms with E-state index in [0.717, 1.165) is 21.1 Å². The van der Waals surface area contributed by atoms with Crippen LogP contribution in [0.25, 0.3) is 21.1 Å². The third kappa shape index (κ3) is 5.85. The van der Waals surface area contributed by atoms with Gasteiger partial charge in [0.25, 0.3) is 5.56 Å². The Morgan fingerprint density at radius 1 is 1.03 bits per heavy atom. The maximum absolute atomic E-state index is 12.4. The number of carbonyl (C=O) groups excluding carboxylic acids is 1. The number of urea groups is 1. The number of aryl methyl sites for hydroxylation is 1. The van der Waals surface area contributed by atoms with Gasteiger partial charge in [-0.05, 0) is 13.0 Å². The Kier molecular flexibility index (Phi) is 7.41. The van der Waals surface area contributed by atoms with E-state index in [1.165, 1.54) is 36.3 Å². The molecule has 0 atom stereocenters. The van der Waals surface area contributed by atoms with E-state index >= 15 is 0 Å². The fourth-order valence-electron chi connectivity index (χ4n) is 3.40. The molecule has 0 aliphatic heterocycles. The van der Waals surface area contributed by atoms with E-state index in [2.05, 4.69) is 20.7 Å². The van der Waals surface area contributed by atoms with Crippen molar-refractivity contribution in [2.24, 2.45) is 0 Å². The number of ether oxygens (including phenoxy) is 2. The lowest BCUT2D eigenvalue weighted by Gasteiger charge is -2.11. The van der Waals surface area contributed by atoms with Crippen molar-refractivity contribution in [1.82, 2.24) is 20.1 Å². The normalized spacial score (nSPS) is 10.6. The van der Waals surface area contributed by atoms with Crippen molar-refractivity contribution >= 4 is 23.1 Å². The number of carbonyl (C=O) groups is 1. The highest BCUT2D eigenvalue weighted by atomic mass is 32.1. The van der Waals surface area contributed by atoms with Crippen LogP contribution in [0.1, 0.15) is 5.69 Å². The zero-order chi connectivity index (χ0) is 24.8. The van der Waals surface area contributed by atoms with E-state index in [9.17, 15) is 9.59 Å². The lowest BCUT2D eigenvalue weighted by atomic mass is 10.2. The van der Waals surface area contributed by atoms with Gasteiger partial charge in [-0.15, -0.1) is 11.3 Å². The summed E-state index contributed by atoms with van der Waals surface area (Å²) >= 11 is 1.53. The summed E-state index contributed by atoms with van der Waals surface area (Å²) in [7, 11) is 3.07. The minimum absolute atomic E-state index is 0.209. The maximum atomic E-state index is 12.4. The van der Waals surface area contributed by atoms with Gasteiger partial charge in [-0.3, -0.25) is 4.79 Å². The van der Waals surface area contributed by atoms with E-state index < -0.39 is 6.03 Å². The lowest BCUT2D eigenvalue weighted by Crippen LogP contribution is -2.34. The number of amides is 2. The van der Waals surface area contributed by atoms with Crippen molar-refractivity contribution in [3.8, 4) is 32.6 Å². The molecular weight excluding hydrogens is 466 g/mol. The van der Waals surface area contributed by atoms with Gasteiger partial charge in [0, 0.05) is 42.1 Å². The number of hydrogen-bond donors (Lipinski definition) is 2. The van der Waals surface area contributed by atoms with Crippen LogP contribution in [0.15, 0.2) is 65.5 Å². The molecule has 0 radical (unpaired) electrons. The second-order valence-corrected chi connectivity index (χ2v) is 8.56. The molecule has 0 spiro atoms. The van der Waals surface area contributed by atoms with E-state index in [4.69, 9.17) is 9.47 Å². The molecule has 35 heavy (non-hydrogen) atoms. The number of benzene rings is 2. The minimum Gasteiger partial charge on any atom is -0.497 e. The summed E-state index contributed by atoms with van der Waals surface area (Å²) in [6.45, 7) is 2.35. The van der Waals surface area contributed by atoms with Gasteiger partial charge in [0.1, 0.15) is 22.2 Å². The third-order valence-electron chi connectivity index (χ3n) is 5.14. The molecule has 0 aliphatic carbocycles. The minimum atomic E-state index is -0.421. The number of methoxy groups -OCH3 is 2. The van der Waals surface area contributed by atoms with E-state index in [-0.39, 0.29) is 18.6 Å². The van der Waals surface area contributed by atoms with Crippen molar-refractivity contribution in [2.75, 3.05) is 26.1 Å². The molecule has 0 saturated heterocycles. The van der Waals surface area contributed by atoms with Gasteiger partial charge in [0.2, 0.25) is 0 Å². The summed E-state index contributed by atoms with van der Waals surface area (Å²) in [5.74, 6) is 1.11. The highest BCUT2D eigenvalue weighted by Gasteiger charge is 2.14. The van der Waals surface area contributed by atoms with Crippen molar-refractivity contribution in [1.29, 1.82) is 0 Å². The second kappa shape index (κ2) is 10.8. The van der Waals surface area contributed by atoms with Crippen LogP contribution in [0.2, 0.25) is 0 Å². The number of rotatable bonds is 8. The summed E-state index contributed by atoms with van der Waals surface area (Å²) in [4.78, 5) is 30.3. The molecule has 0 bridgehead atoms. The standard InChI is InChI=1S/C25H25N5O4S/c1-16-23(35-24(27-16)17-7-5-4-6-8-17)21-9-10-22(31)30(29-21)12-11-26-25(32)28-18-13-19(33-2)15-20(14-18)34-3/h4-10,13-15H,11-12H2,1-3H3,(H2,26,28,32). The van der Waals surface area contributed by atoms with Crippen LogP contribution in [0.4, 0.5) is 10.5 Å². The monoisotopic (exact) mass is 491 g/mol. The van der Waals surface area contributed by atoms with Gasteiger partial charge >= 0.3 is 6.03 Å². The fraction of sp³-hybridized carbons (Fsp3) is 0.200. The molecule has 0 aliphatic rings. The molecule has 2 N–H and O–H groups in total. The van der Waals surface area contributed by atoms with E-state index in [1.54, 1.807) is 24.3 Å².